The van der Waals surface area contributed by atoms with E-state index < -0.39 is 124 Å². The minimum absolute atomic E-state index is 0.234. The van der Waals surface area contributed by atoms with Gasteiger partial charge in [0.05, 0.1) is 38.6 Å². The number of nitrogens with one attached hydrogen (secondary N) is 1. The molecule has 3 aliphatic heterocycles. The minimum atomic E-state index is -1.98. The van der Waals surface area contributed by atoms with Gasteiger partial charge < -0.3 is 89.9 Å². The van der Waals surface area contributed by atoms with E-state index in [0.29, 0.717) is 6.42 Å². The fourth-order valence-corrected chi connectivity index (χ4v) is 9.36. The number of carbonyl (C=O) groups is 1. The summed E-state index contributed by atoms with van der Waals surface area (Å²) in [6.45, 7) is 1.67. The van der Waals surface area contributed by atoms with Crippen molar-refractivity contribution in [2.75, 3.05) is 26.4 Å². The Kier molecular flexibility index (Phi) is 34.0. The van der Waals surface area contributed by atoms with Crippen LogP contribution in [0.1, 0.15) is 174 Å². The largest absolute Gasteiger partial charge is 0.394 e. The monoisotopic (exact) mass is 1040 g/mol. The summed E-state index contributed by atoms with van der Waals surface area (Å²) in [7, 11) is 0. The van der Waals surface area contributed by atoms with Crippen LogP contribution >= 0.6 is 0 Å². The van der Waals surface area contributed by atoms with Crippen LogP contribution in [0.3, 0.4) is 0 Å². The number of ether oxygens (including phenoxy) is 6. The lowest BCUT2D eigenvalue weighted by atomic mass is 9.96. The Labute approximate surface area is 428 Å². The molecule has 0 saturated carbocycles. The summed E-state index contributed by atoms with van der Waals surface area (Å²) in [5.74, 6) is -0.287. The molecular weight excluding hydrogens is 939 g/mol. The number of rotatable bonds is 39. The molecular formula is C53H97NO18. The van der Waals surface area contributed by atoms with Crippen LogP contribution in [0, 0.1) is 0 Å². The Hall–Kier alpha value is -1.73. The van der Waals surface area contributed by atoms with Crippen molar-refractivity contribution in [3.8, 4) is 0 Å². The summed E-state index contributed by atoms with van der Waals surface area (Å²) >= 11 is 0. The van der Waals surface area contributed by atoms with Crippen LogP contribution in [0.2, 0.25) is 0 Å². The third-order valence-corrected chi connectivity index (χ3v) is 14.0. The maximum atomic E-state index is 13.2. The normalized spacial score (nSPS) is 32.2. The van der Waals surface area contributed by atoms with E-state index in [9.17, 15) is 61.0 Å². The molecule has 3 rings (SSSR count). The number of aliphatic hydroxyl groups excluding tert-OH is 11. The molecule has 3 fully saturated rings. The topological polar surface area (TPSA) is 307 Å². The molecule has 0 radical (unpaired) electrons. The van der Waals surface area contributed by atoms with Gasteiger partial charge in [-0.1, -0.05) is 147 Å². The van der Waals surface area contributed by atoms with E-state index in [-0.39, 0.29) is 18.9 Å². The molecule has 422 valence electrons. The predicted octanol–water partition coefficient (Wildman–Crippen LogP) is 3.20. The molecule has 19 nitrogen and oxygen atoms in total. The molecule has 0 bridgehead atoms. The molecule has 19 heteroatoms. The SMILES string of the molecule is CCCCCCCCC/C=C\CCCCCCCC(=O)NC(COC1OC(CO)C(OC2OC(CO)C(OC3OC(CO)C(O)C(O)C3O)C(O)C2O)C(O)C1O)C(O)/C=C/CCCCCCCCCCC. The highest BCUT2D eigenvalue weighted by atomic mass is 16.8. The Morgan fingerprint density at radius 3 is 1.35 bits per heavy atom. The van der Waals surface area contributed by atoms with Gasteiger partial charge in [-0.25, -0.2) is 0 Å². The van der Waals surface area contributed by atoms with Gasteiger partial charge in [0.2, 0.25) is 5.91 Å². The number of aliphatic hydroxyl groups is 11. The molecule has 1 amide bonds. The van der Waals surface area contributed by atoms with Gasteiger partial charge in [0, 0.05) is 6.42 Å². The quantitative estimate of drug-likeness (QED) is 0.0311. The lowest BCUT2D eigenvalue weighted by Crippen LogP contribution is -2.66. The van der Waals surface area contributed by atoms with Crippen LogP contribution in [0.5, 0.6) is 0 Å². The van der Waals surface area contributed by atoms with Gasteiger partial charge in [0.15, 0.2) is 18.9 Å². The van der Waals surface area contributed by atoms with Crippen LogP contribution in [0.15, 0.2) is 24.3 Å². The van der Waals surface area contributed by atoms with Crippen molar-refractivity contribution >= 4 is 5.91 Å². The zero-order valence-corrected chi connectivity index (χ0v) is 43.4. The van der Waals surface area contributed by atoms with Crippen LogP contribution in [0.4, 0.5) is 0 Å². The molecule has 17 unspecified atom stereocenters. The number of carbonyl (C=O) groups excluding carboxylic acids is 1. The minimum Gasteiger partial charge on any atom is -0.394 e. The molecule has 0 aromatic heterocycles. The van der Waals surface area contributed by atoms with E-state index in [1.54, 1.807) is 6.08 Å². The van der Waals surface area contributed by atoms with Crippen molar-refractivity contribution in [2.45, 2.75) is 279 Å². The Bertz CT molecular complexity index is 1430. The molecule has 0 aromatic rings. The fraction of sp³-hybridized carbons (Fsp3) is 0.906. The predicted molar refractivity (Wildman–Crippen MR) is 268 cm³/mol. The van der Waals surface area contributed by atoms with E-state index >= 15 is 0 Å². The lowest BCUT2D eigenvalue weighted by molar-refractivity contribution is -0.379. The van der Waals surface area contributed by atoms with Gasteiger partial charge in [-0.3, -0.25) is 4.79 Å². The zero-order valence-electron chi connectivity index (χ0n) is 43.4. The van der Waals surface area contributed by atoms with E-state index in [0.717, 1.165) is 64.2 Å². The molecule has 72 heavy (non-hydrogen) atoms. The molecule has 0 aliphatic carbocycles. The second kappa shape index (κ2) is 37.9. The average Bonchev–Trinajstić information content (AvgIpc) is 3.37. The van der Waals surface area contributed by atoms with Gasteiger partial charge in [0.1, 0.15) is 73.2 Å². The van der Waals surface area contributed by atoms with E-state index in [4.69, 9.17) is 28.4 Å². The Balaban J connectivity index is 1.54. The number of hydrogen-bond acceptors (Lipinski definition) is 18. The third kappa shape index (κ3) is 22.9. The average molecular weight is 1040 g/mol. The van der Waals surface area contributed by atoms with Gasteiger partial charge in [-0.2, -0.15) is 0 Å². The maximum absolute atomic E-state index is 13.2. The van der Waals surface area contributed by atoms with Crippen molar-refractivity contribution < 1.29 is 89.4 Å². The van der Waals surface area contributed by atoms with Crippen molar-refractivity contribution in [1.29, 1.82) is 0 Å². The highest BCUT2D eigenvalue weighted by Crippen LogP contribution is 2.33. The maximum Gasteiger partial charge on any atom is 0.220 e. The van der Waals surface area contributed by atoms with Crippen molar-refractivity contribution in [1.82, 2.24) is 5.32 Å². The summed E-state index contributed by atoms with van der Waals surface area (Å²) < 4.78 is 34.1. The number of hydrogen-bond donors (Lipinski definition) is 12. The van der Waals surface area contributed by atoms with Crippen LogP contribution < -0.4 is 5.32 Å². The summed E-state index contributed by atoms with van der Waals surface area (Å²) in [5.41, 5.74) is 0. The zero-order chi connectivity index (χ0) is 52.7. The first-order valence-electron chi connectivity index (χ1n) is 27.6. The molecule has 12 N–H and O–H groups in total. The first kappa shape index (κ1) is 64.6. The molecule has 17 atom stereocenters. The van der Waals surface area contributed by atoms with Gasteiger partial charge in [-0.15, -0.1) is 0 Å². The molecule has 0 spiro atoms. The van der Waals surface area contributed by atoms with Gasteiger partial charge in [0.25, 0.3) is 0 Å². The van der Waals surface area contributed by atoms with E-state index in [2.05, 4.69) is 31.3 Å². The third-order valence-electron chi connectivity index (χ3n) is 14.0. The molecule has 3 aliphatic rings. The summed E-state index contributed by atoms with van der Waals surface area (Å²) in [5, 5.41) is 120. The molecule has 0 aromatic carbocycles. The number of allylic oxidation sites excluding steroid dienone is 3. The Morgan fingerprint density at radius 1 is 0.486 bits per heavy atom. The summed E-state index contributed by atoms with van der Waals surface area (Å²) in [4.78, 5) is 13.2. The highest BCUT2D eigenvalue weighted by Gasteiger charge is 2.53. The second-order valence-corrected chi connectivity index (χ2v) is 20.0. The van der Waals surface area contributed by atoms with E-state index in [1.807, 2.05) is 6.08 Å². The summed E-state index contributed by atoms with van der Waals surface area (Å²) in [6.07, 6.45) is 8.89. The van der Waals surface area contributed by atoms with Crippen LogP contribution in [-0.4, -0.2) is 193 Å². The highest BCUT2D eigenvalue weighted by molar-refractivity contribution is 5.76. The smallest absolute Gasteiger partial charge is 0.220 e. The van der Waals surface area contributed by atoms with Crippen LogP contribution in [-0.2, 0) is 33.2 Å². The lowest BCUT2D eigenvalue weighted by Gasteiger charge is -2.48. The van der Waals surface area contributed by atoms with Crippen molar-refractivity contribution in [3.05, 3.63) is 24.3 Å². The summed E-state index contributed by atoms with van der Waals surface area (Å²) in [6, 6.07) is -0.972. The molecule has 3 heterocycles. The first-order valence-corrected chi connectivity index (χ1v) is 27.6. The van der Waals surface area contributed by atoms with Crippen LogP contribution in [0.25, 0.3) is 0 Å². The van der Waals surface area contributed by atoms with E-state index in [1.165, 1.54) is 83.5 Å². The Morgan fingerprint density at radius 2 is 0.875 bits per heavy atom. The number of unbranched alkanes of at least 4 members (excludes halogenated alkanes) is 21. The number of amides is 1. The van der Waals surface area contributed by atoms with Gasteiger partial charge in [-0.05, 0) is 44.9 Å². The van der Waals surface area contributed by atoms with Crippen molar-refractivity contribution in [2.24, 2.45) is 0 Å². The van der Waals surface area contributed by atoms with Gasteiger partial charge >= 0.3 is 0 Å². The van der Waals surface area contributed by atoms with Crippen molar-refractivity contribution in [3.63, 3.8) is 0 Å². The molecule has 3 saturated heterocycles. The first-order chi connectivity index (χ1) is 34.8. The second-order valence-electron chi connectivity index (χ2n) is 20.0. The standard InChI is InChI=1S/C53H97NO18/c1-3-5-7-9-11-13-15-16-17-18-19-21-23-25-27-29-31-41(59)54-36(37(58)30-28-26-24-22-20-14-12-10-8-6-4-2)35-67-51-47(65)44(62)49(39(33-56)69-51)72-53-48(66)45(63)50(40(34-57)70-53)71-52-46(64)43(61)42(60)38(32-55)68-52/h17-18,28,30,36-40,42-53,55-58,60-66H,3-16,19-27,29,31-35H2,1-2H3,(H,54,59)/b18-17-,30-28+. The fourth-order valence-electron chi connectivity index (χ4n) is 9.36.